The largest absolute Gasteiger partial charge is 0.494 e. The first-order valence-electron chi connectivity index (χ1n) is 5.89. The van der Waals surface area contributed by atoms with Crippen LogP contribution >= 0.6 is 0 Å². The third-order valence-corrected chi connectivity index (χ3v) is 2.94. The Hall–Kier alpha value is -1.75. The second-order valence-corrected chi connectivity index (χ2v) is 4.26. The topological polar surface area (TPSA) is 70.8 Å². The monoisotopic (exact) mass is 251 g/mol. The molecule has 2 rings (SSSR count). The van der Waals surface area contributed by atoms with Crippen LogP contribution in [0.2, 0.25) is 0 Å². The number of esters is 1. The van der Waals surface area contributed by atoms with Gasteiger partial charge in [0, 0.05) is 12.5 Å². The van der Waals surface area contributed by atoms with Crippen molar-refractivity contribution in [3.05, 3.63) is 23.8 Å². The maximum atomic E-state index is 11.9. The minimum atomic E-state index is -0.411. The van der Waals surface area contributed by atoms with E-state index in [1.807, 2.05) is 0 Å². The number of rotatable bonds is 4. The molecule has 0 amide bonds. The number of hydrogen-bond acceptors (Lipinski definition) is 5. The zero-order chi connectivity index (χ0) is 13.0. The van der Waals surface area contributed by atoms with Crippen molar-refractivity contribution in [2.24, 2.45) is 5.92 Å². The SMILES string of the molecule is COc1c(N)cccc1C(=O)OCC1CCOC1. The van der Waals surface area contributed by atoms with Gasteiger partial charge in [0.2, 0.25) is 0 Å². The number of carbonyl (C=O) groups is 1. The molecule has 18 heavy (non-hydrogen) atoms. The van der Waals surface area contributed by atoms with E-state index < -0.39 is 5.97 Å². The summed E-state index contributed by atoms with van der Waals surface area (Å²) in [6.07, 6.45) is 0.932. The third-order valence-electron chi connectivity index (χ3n) is 2.94. The van der Waals surface area contributed by atoms with Gasteiger partial charge in [0.15, 0.2) is 5.75 Å². The number of ether oxygens (including phenoxy) is 3. The molecule has 98 valence electrons. The summed E-state index contributed by atoms with van der Waals surface area (Å²) in [5.41, 5.74) is 6.52. The Morgan fingerprint density at radius 2 is 2.39 bits per heavy atom. The summed E-state index contributed by atoms with van der Waals surface area (Å²) >= 11 is 0. The summed E-state index contributed by atoms with van der Waals surface area (Å²) < 4.78 is 15.6. The van der Waals surface area contributed by atoms with Crippen LogP contribution in [-0.2, 0) is 9.47 Å². The predicted octanol–water partition coefficient (Wildman–Crippen LogP) is 1.47. The lowest BCUT2D eigenvalue weighted by Crippen LogP contribution is -2.15. The number of carbonyl (C=O) groups excluding carboxylic acids is 1. The Morgan fingerprint density at radius 1 is 1.56 bits per heavy atom. The van der Waals surface area contributed by atoms with Crippen LogP contribution in [0.15, 0.2) is 18.2 Å². The summed E-state index contributed by atoms with van der Waals surface area (Å²) in [4.78, 5) is 11.9. The molecular formula is C13H17NO4. The van der Waals surface area contributed by atoms with Gasteiger partial charge in [0.1, 0.15) is 5.56 Å². The Balaban J connectivity index is 2.01. The van der Waals surface area contributed by atoms with Crippen LogP contribution < -0.4 is 10.5 Å². The van der Waals surface area contributed by atoms with Gasteiger partial charge in [-0.1, -0.05) is 6.07 Å². The fourth-order valence-electron chi connectivity index (χ4n) is 1.93. The first kappa shape index (κ1) is 12.7. The van der Waals surface area contributed by atoms with Gasteiger partial charge < -0.3 is 19.9 Å². The third kappa shape index (κ3) is 2.73. The standard InChI is InChI=1S/C13H17NO4/c1-16-12-10(3-2-4-11(12)14)13(15)18-8-9-5-6-17-7-9/h2-4,9H,5-8,14H2,1H3. The lowest BCUT2D eigenvalue weighted by atomic mass is 10.1. The highest BCUT2D eigenvalue weighted by Crippen LogP contribution is 2.26. The van der Waals surface area contributed by atoms with E-state index in [1.165, 1.54) is 7.11 Å². The number of hydrogen-bond donors (Lipinski definition) is 1. The van der Waals surface area contributed by atoms with Gasteiger partial charge >= 0.3 is 5.97 Å². The number of methoxy groups -OCH3 is 1. The quantitative estimate of drug-likeness (QED) is 0.648. The molecule has 1 heterocycles. The van der Waals surface area contributed by atoms with E-state index in [0.717, 1.165) is 13.0 Å². The molecule has 0 radical (unpaired) electrons. The van der Waals surface area contributed by atoms with Gasteiger partial charge in [-0.05, 0) is 18.6 Å². The molecule has 0 aromatic heterocycles. The maximum absolute atomic E-state index is 11.9. The van der Waals surface area contributed by atoms with Gasteiger partial charge in [0.05, 0.1) is 26.0 Å². The van der Waals surface area contributed by atoms with Gasteiger partial charge in [-0.15, -0.1) is 0 Å². The highest BCUT2D eigenvalue weighted by Gasteiger charge is 2.20. The molecule has 1 aromatic rings. The molecule has 0 bridgehead atoms. The molecule has 5 nitrogen and oxygen atoms in total. The van der Waals surface area contributed by atoms with Gasteiger partial charge in [-0.2, -0.15) is 0 Å². The van der Waals surface area contributed by atoms with Crippen molar-refractivity contribution in [1.82, 2.24) is 0 Å². The average Bonchev–Trinajstić information content (AvgIpc) is 2.88. The van der Waals surface area contributed by atoms with E-state index in [0.29, 0.717) is 36.1 Å². The summed E-state index contributed by atoms with van der Waals surface area (Å²) in [5.74, 6) is 0.247. The van der Waals surface area contributed by atoms with Crippen molar-refractivity contribution in [3.8, 4) is 5.75 Å². The number of nitrogen functional groups attached to an aromatic ring is 1. The van der Waals surface area contributed by atoms with Crippen LogP contribution in [0.25, 0.3) is 0 Å². The van der Waals surface area contributed by atoms with E-state index in [2.05, 4.69) is 0 Å². The molecule has 1 aliphatic heterocycles. The normalized spacial score (nSPS) is 18.6. The molecular weight excluding hydrogens is 234 g/mol. The van der Waals surface area contributed by atoms with Crippen molar-refractivity contribution in [2.45, 2.75) is 6.42 Å². The summed E-state index contributed by atoms with van der Waals surface area (Å²) in [5, 5.41) is 0. The summed E-state index contributed by atoms with van der Waals surface area (Å²) in [7, 11) is 1.48. The zero-order valence-electron chi connectivity index (χ0n) is 10.3. The molecule has 1 aromatic carbocycles. The Labute approximate surface area is 106 Å². The number of benzene rings is 1. The van der Waals surface area contributed by atoms with Crippen molar-refractivity contribution in [1.29, 1.82) is 0 Å². The van der Waals surface area contributed by atoms with E-state index in [-0.39, 0.29) is 0 Å². The van der Waals surface area contributed by atoms with Crippen LogP contribution in [0.1, 0.15) is 16.8 Å². The van der Waals surface area contributed by atoms with Crippen LogP contribution in [0.5, 0.6) is 5.75 Å². The first-order valence-corrected chi connectivity index (χ1v) is 5.89. The molecule has 5 heteroatoms. The summed E-state index contributed by atoms with van der Waals surface area (Å²) in [6, 6.07) is 5.02. The Bertz CT molecular complexity index is 427. The second-order valence-electron chi connectivity index (χ2n) is 4.26. The molecule has 1 fully saturated rings. The number of para-hydroxylation sites is 1. The molecule has 1 unspecified atom stereocenters. The van der Waals surface area contributed by atoms with Crippen molar-refractivity contribution in [3.63, 3.8) is 0 Å². The number of anilines is 1. The van der Waals surface area contributed by atoms with Crippen LogP contribution in [0, 0.1) is 5.92 Å². The van der Waals surface area contributed by atoms with Crippen molar-refractivity contribution >= 4 is 11.7 Å². The first-order chi connectivity index (χ1) is 8.72. The number of nitrogens with two attached hydrogens (primary N) is 1. The molecule has 1 atom stereocenters. The van der Waals surface area contributed by atoms with Crippen molar-refractivity contribution in [2.75, 3.05) is 32.7 Å². The van der Waals surface area contributed by atoms with Crippen LogP contribution in [0.3, 0.4) is 0 Å². The molecule has 0 aliphatic carbocycles. The molecule has 1 saturated heterocycles. The average molecular weight is 251 g/mol. The van der Waals surface area contributed by atoms with Crippen LogP contribution in [-0.4, -0.2) is 32.9 Å². The fourth-order valence-corrected chi connectivity index (χ4v) is 1.93. The maximum Gasteiger partial charge on any atom is 0.342 e. The Kier molecular flexibility index (Phi) is 4.04. The van der Waals surface area contributed by atoms with E-state index in [4.69, 9.17) is 19.9 Å². The molecule has 0 spiro atoms. The molecule has 1 aliphatic rings. The molecule has 0 saturated carbocycles. The highest BCUT2D eigenvalue weighted by molar-refractivity contribution is 5.94. The smallest absolute Gasteiger partial charge is 0.342 e. The van der Waals surface area contributed by atoms with Gasteiger partial charge in [-0.3, -0.25) is 0 Å². The van der Waals surface area contributed by atoms with E-state index >= 15 is 0 Å². The van der Waals surface area contributed by atoms with E-state index in [9.17, 15) is 4.79 Å². The molecule has 2 N–H and O–H groups in total. The van der Waals surface area contributed by atoms with Crippen LogP contribution in [0.4, 0.5) is 5.69 Å². The lowest BCUT2D eigenvalue weighted by molar-refractivity contribution is 0.0425. The lowest BCUT2D eigenvalue weighted by Gasteiger charge is -2.12. The van der Waals surface area contributed by atoms with E-state index in [1.54, 1.807) is 18.2 Å². The van der Waals surface area contributed by atoms with Gasteiger partial charge in [-0.25, -0.2) is 4.79 Å². The zero-order valence-corrected chi connectivity index (χ0v) is 10.3. The summed E-state index contributed by atoms with van der Waals surface area (Å²) in [6.45, 7) is 1.77. The predicted molar refractivity (Wildman–Crippen MR) is 66.6 cm³/mol. The fraction of sp³-hybridized carbons (Fsp3) is 0.462. The second kappa shape index (κ2) is 5.73. The minimum absolute atomic E-state index is 0.293. The van der Waals surface area contributed by atoms with Gasteiger partial charge in [0.25, 0.3) is 0 Å². The van der Waals surface area contributed by atoms with Crippen molar-refractivity contribution < 1.29 is 19.0 Å². The highest BCUT2D eigenvalue weighted by atomic mass is 16.5. The Morgan fingerprint density at radius 3 is 3.06 bits per heavy atom. The minimum Gasteiger partial charge on any atom is -0.494 e.